The minimum atomic E-state index is 0.0740. The van der Waals surface area contributed by atoms with E-state index in [1.165, 1.54) is 37.7 Å². The van der Waals surface area contributed by atoms with E-state index in [2.05, 4.69) is 41.1 Å². The fourth-order valence-corrected chi connectivity index (χ4v) is 5.51. The first-order valence-electron chi connectivity index (χ1n) is 13.0. The van der Waals surface area contributed by atoms with Crippen LogP contribution in [0.4, 0.5) is 5.82 Å². The van der Waals surface area contributed by atoms with Gasteiger partial charge < -0.3 is 15.4 Å². The second kappa shape index (κ2) is 11.7. The molecule has 1 amide bonds. The van der Waals surface area contributed by atoms with E-state index in [1.54, 1.807) is 18.3 Å². The quantitative estimate of drug-likeness (QED) is 0.704. The number of nitrogen functional groups attached to an aromatic ring is 1. The molecule has 184 valence electrons. The van der Waals surface area contributed by atoms with Crippen LogP contribution in [0.1, 0.15) is 67.8 Å². The van der Waals surface area contributed by atoms with Crippen LogP contribution in [0.25, 0.3) is 0 Å². The lowest BCUT2D eigenvalue weighted by Gasteiger charge is -2.45. The number of rotatable bonds is 4. The number of benzene rings is 1. The Morgan fingerprint density at radius 2 is 1.94 bits per heavy atom. The van der Waals surface area contributed by atoms with E-state index in [9.17, 15) is 4.79 Å². The number of fused-ring (bicyclic) bond motifs is 1. The van der Waals surface area contributed by atoms with Gasteiger partial charge in [-0.3, -0.25) is 9.69 Å². The fourth-order valence-electron chi connectivity index (χ4n) is 5.51. The number of unbranched alkanes of at least 4 members (excludes halogenated alkanes) is 1. The van der Waals surface area contributed by atoms with Crippen molar-refractivity contribution in [3.8, 4) is 5.75 Å². The average Bonchev–Trinajstić information content (AvgIpc) is 2.85. The van der Waals surface area contributed by atoms with Crippen molar-refractivity contribution in [3.63, 3.8) is 0 Å². The number of aryl methyl sites for hydroxylation is 1. The molecule has 2 N–H and O–H groups in total. The second-order valence-corrected chi connectivity index (χ2v) is 10.1. The SMILES string of the molecule is CCCCN1CCOc2ccccc2CCCCC2(CCN(C(=O)c3ccnc(N)c3)CC2)C1. The zero-order chi connectivity index (χ0) is 23.8. The minimum Gasteiger partial charge on any atom is -0.492 e. The number of hydrogen-bond acceptors (Lipinski definition) is 5. The van der Waals surface area contributed by atoms with Crippen molar-refractivity contribution in [2.75, 3.05) is 45.1 Å². The number of pyridine rings is 1. The Kier molecular flexibility index (Phi) is 8.44. The third kappa shape index (κ3) is 6.29. The van der Waals surface area contributed by atoms with E-state index >= 15 is 0 Å². The molecule has 4 rings (SSSR count). The van der Waals surface area contributed by atoms with Gasteiger partial charge in [0.25, 0.3) is 5.91 Å². The van der Waals surface area contributed by atoms with E-state index in [0.717, 1.165) is 64.3 Å². The predicted octanol–water partition coefficient (Wildman–Crippen LogP) is 4.79. The Morgan fingerprint density at radius 1 is 1.12 bits per heavy atom. The molecule has 3 heterocycles. The standard InChI is InChI=1S/C28H40N4O2/c1-2-3-16-31-19-20-34-25-10-5-4-8-23(25)9-6-7-12-28(22-31)13-17-32(18-14-28)27(33)24-11-15-30-26(29)21-24/h4-5,8,10-11,15,21H,2-3,6-7,9,12-14,16-20,22H2,1H3,(H2,29,30). The zero-order valence-electron chi connectivity index (χ0n) is 20.7. The first kappa shape index (κ1) is 24.5. The monoisotopic (exact) mass is 464 g/mol. The number of nitrogens with zero attached hydrogens (tertiary/aromatic N) is 3. The smallest absolute Gasteiger partial charge is 0.254 e. The van der Waals surface area contributed by atoms with Crippen LogP contribution in [0.3, 0.4) is 0 Å². The molecule has 1 spiro atoms. The van der Waals surface area contributed by atoms with Crippen LogP contribution >= 0.6 is 0 Å². The highest BCUT2D eigenvalue weighted by molar-refractivity contribution is 5.94. The molecule has 2 aromatic rings. The van der Waals surface area contributed by atoms with Crippen LogP contribution in [0.5, 0.6) is 5.75 Å². The molecule has 1 saturated heterocycles. The van der Waals surface area contributed by atoms with Crippen molar-refractivity contribution >= 4 is 11.7 Å². The number of para-hydroxylation sites is 1. The number of hydrogen-bond donors (Lipinski definition) is 1. The molecule has 1 fully saturated rings. The maximum atomic E-state index is 13.1. The van der Waals surface area contributed by atoms with Crippen LogP contribution in [-0.4, -0.2) is 60.0 Å². The van der Waals surface area contributed by atoms with Gasteiger partial charge in [0.1, 0.15) is 18.2 Å². The number of carbonyl (C=O) groups is 1. The van der Waals surface area contributed by atoms with Gasteiger partial charge in [0, 0.05) is 37.9 Å². The summed E-state index contributed by atoms with van der Waals surface area (Å²) in [5.74, 6) is 1.52. The molecule has 34 heavy (non-hydrogen) atoms. The van der Waals surface area contributed by atoms with Gasteiger partial charge in [0.05, 0.1) is 0 Å². The highest BCUT2D eigenvalue weighted by Gasteiger charge is 2.37. The minimum absolute atomic E-state index is 0.0740. The van der Waals surface area contributed by atoms with Crippen LogP contribution in [-0.2, 0) is 6.42 Å². The molecular weight excluding hydrogens is 424 g/mol. The van der Waals surface area contributed by atoms with E-state index < -0.39 is 0 Å². The van der Waals surface area contributed by atoms with Crippen molar-refractivity contribution in [1.82, 2.24) is 14.8 Å². The third-order valence-electron chi connectivity index (χ3n) is 7.57. The summed E-state index contributed by atoms with van der Waals surface area (Å²) in [6.07, 6.45) is 10.8. The zero-order valence-corrected chi connectivity index (χ0v) is 20.7. The lowest BCUT2D eigenvalue weighted by Crippen LogP contribution is -2.49. The summed E-state index contributed by atoms with van der Waals surface area (Å²) in [6.45, 7) is 7.77. The van der Waals surface area contributed by atoms with E-state index in [0.29, 0.717) is 11.4 Å². The Balaban J connectivity index is 1.45. The van der Waals surface area contributed by atoms with Gasteiger partial charge in [-0.15, -0.1) is 0 Å². The Labute approximate surface area is 204 Å². The maximum Gasteiger partial charge on any atom is 0.254 e. The van der Waals surface area contributed by atoms with Gasteiger partial charge in [-0.1, -0.05) is 38.0 Å². The first-order valence-corrected chi connectivity index (χ1v) is 13.0. The number of likely N-dealkylation sites (tertiary alicyclic amines) is 1. The van der Waals surface area contributed by atoms with Gasteiger partial charge in [0.2, 0.25) is 0 Å². The lowest BCUT2D eigenvalue weighted by molar-refractivity contribution is 0.0375. The fraction of sp³-hybridized carbons (Fsp3) is 0.571. The third-order valence-corrected chi connectivity index (χ3v) is 7.57. The Hall–Kier alpha value is -2.60. The van der Waals surface area contributed by atoms with Crippen LogP contribution < -0.4 is 10.5 Å². The van der Waals surface area contributed by atoms with E-state index in [1.807, 2.05) is 4.90 Å². The number of ether oxygens (including phenoxy) is 1. The van der Waals surface area contributed by atoms with Crippen LogP contribution in [0.15, 0.2) is 42.6 Å². The van der Waals surface area contributed by atoms with Crippen LogP contribution in [0.2, 0.25) is 0 Å². The molecule has 0 atom stereocenters. The molecule has 2 aliphatic heterocycles. The molecule has 0 bridgehead atoms. The predicted molar refractivity (Wildman–Crippen MR) is 137 cm³/mol. The van der Waals surface area contributed by atoms with Gasteiger partial charge in [-0.05, 0) is 74.2 Å². The molecule has 1 aromatic carbocycles. The van der Waals surface area contributed by atoms with Gasteiger partial charge in [-0.2, -0.15) is 0 Å². The normalized spacial score (nSPS) is 19.5. The number of anilines is 1. The summed E-state index contributed by atoms with van der Waals surface area (Å²) in [5.41, 5.74) is 8.04. The van der Waals surface area contributed by atoms with E-state index in [-0.39, 0.29) is 11.3 Å². The van der Waals surface area contributed by atoms with Gasteiger partial charge >= 0.3 is 0 Å². The van der Waals surface area contributed by atoms with E-state index in [4.69, 9.17) is 10.5 Å². The average molecular weight is 465 g/mol. The Bertz CT molecular complexity index is 940. The van der Waals surface area contributed by atoms with Gasteiger partial charge in [-0.25, -0.2) is 4.98 Å². The van der Waals surface area contributed by atoms with Crippen molar-refractivity contribution in [2.24, 2.45) is 5.41 Å². The summed E-state index contributed by atoms with van der Waals surface area (Å²) in [6, 6.07) is 12.0. The summed E-state index contributed by atoms with van der Waals surface area (Å²) < 4.78 is 6.24. The second-order valence-electron chi connectivity index (χ2n) is 10.1. The van der Waals surface area contributed by atoms with Crippen molar-refractivity contribution in [3.05, 3.63) is 53.7 Å². The van der Waals surface area contributed by atoms with Crippen molar-refractivity contribution < 1.29 is 9.53 Å². The summed E-state index contributed by atoms with van der Waals surface area (Å²) in [4.78, 5) is 21.7. The number of carbonyl (C=O) groups excluding carboxylic acids is 1. The summed E-state index contributed by atoms with van der Waals surface area (Å²) in [5, 5.41) is 0. The maximum absolute atomic E-state index is 13.1. The lowest BCUT2D eigenvalue weighted by atomic mass is 9.73. The summed E-state index contributed by atoms with van der Waals surface area (Å²) in [7, 11) is 0. The molecule has 0 saturated carbocycles. The number of nitrogens with two attached hydrogens (primary N) is 1. The molecule has 0 aliphatic carbocycles. The number of aromatic nitrogens is 1. The molecule has 2 aliphatic rings. The highest BCUT2D eigenvalue weighted by Crippen LogP contribution is 2.39. The number of piperidine rings is 1. The topological polar surface area (TPSA) is 71.7 Å². The molecule has 0 unspecified atom stereocenters. The first-order chi connectivity index (χ1) is 16.6. The molecule has 6 nitrogen and oxygen atoms in total. The van der Waals surface area contributed by atoms with Crippen molar-refractivity contribution in [2.45, 2.75) is 58.3 Å². The van der Waals surface area contributed by atoms with Crippen molar-refractivity contribution in [1.29, 1.82) is 0 Å². The Morgan fingerprint density at radius 3 is 2.74 bits per heavy atom. The molecular formula is C28H40N4O2. The highest BCUT2D eigenvalue weighted by atomic mass is 16.5. The molecule has 0 radical (unpaired) electrons. The molecule has 1 aromatic heterocycles. The summed E-state index contributed by atoms with van der Waals surface area (Å²) >= 11 is 0. The number of amides is 1. The molecule has 6 heteroatoms. The largest absolute Gasteiger partial charge is 0.492 e. The van der Waals surface area contributed by atoms with Gasteiger partial charge in [0.15, 0.2) is 0 Å². The van der Waals surface area contributed by atoms with Crippen LogP contribution in [0, 0.1) is 5.41 Å².